The van der Waals surface area contributed by atoms with Crippen LogP contribution >= 0.6 is 0 Å². The first-order valence-corrected chi connectivity index (χ1v) is 25.6. The minimum Gasteiger partial charge on any atom is -0.483 e. The van der Waals surface area contributed by atoms with E-state index in [0.29, 0.717) is 68.0 Å². The number of esters is 1. The largest absolute Gasteiger partial charge is 0.483 e. The van der Waals surface area contributed by atoms with Gasteiger partial charge in [-0.2, -0.15) is 0 Å². The molecule has 4 amide bonds. The number of carbonyl (C=O) groups excluding carboxylic acids is 6. The average Bonchev–Trinajstić information content (AvgIpc) is 3.99. The van der Waals surface area contributed by atoms with E-state index >= 15 is 0 Å². The number of ether oxygens (including phenoxy) is 4. The maximum atomic E-state index is 14.7. The molecule has 18 nitrogen and oxygen atoms in total. The van der Waals surface area contributed by atoms with E-state index in [2.05, 4.69) is 31.6 Å². The van der Waals surface area contributed by atoms with Gasteiger partial charge in [0.15, 0.2) is 23.8 Å². The molecule has 18 heteroatoms. The molecule has 2 saturated heterocycles. The number of quaternary nitrogens is 1. The summed E-state index contributed by atoms with van der Waals surface area (Å²) >= 11 is 0. The van der Waals surface area contributed by atoms with Crippen molar-refractivity contribution in [3.05, 3.63) is 107 Å². The van der Waals surface area contributed by atoms with Crippen molar-refractivity contribution in [2.24, 2.45) is 18.9 Å². The number of epoxide rings is 1. The van der Waals surface area contributed by atoms with Gasteiger partial charge in [0, 0.05) is 25.5 Å². The molecule has 73 heavy (non-hydrogen) atoms. The summed E-state index contributed by atoms with van der Waals surface area (Å²) in [6.45, 7) is 14.0. The topological polar surface area (TPSA) is 221 Å². The summed E-state index contributed by atoms with van der Waals surface area (Å²) in [6, 6.07) is 20.3. The van der Waals surface area contributed by atoms with Crippen LogP contribution in [0.2, 0.25) is 0 Å². The quantitative estimate of drug-likeness (QED) is 0.0263. The van der Waals surface area contributed by atoms with E-state index < -0.39 is 53.5 Å². The van der Waals surface area contributed by atoms with Crippen LogP contribution in [-0.2, 0) is 71.3 Å². The number of morpholine rings is 1. The monoisotopic (exact) mass is 1010 g/mol. The van der Waals surface area contributed by atoms with Crippen LogP contribution in [0, 0.1) is 11.8 Å². The lowest BCUT2D eigenvalue weighted by Gasteiger charge is -2.41. The summed E-state index contributed by atoms with van der Waals surface area (Å²) in [4.78, 5) is 83.9. The molecule has 4 aromatic rings. The van der Waals surface area contributed by atoms with Gasteiger partial charge >= 0.3 is 5.97 Å². The summed E-state index contributed by atoms with van der Waals surface area (Å²) in [5.41, 5.74) is 2.20. The first kappa shape index (κ1) is 55.8. The highest BCUT2D eigenvalue weighted by Gasteiger charge is 2.50. The van der Waals surface area contributed by atoms with Crippen LogP contribution in [0.25, 0.3) is 0 Å². The van der Waals surface area contributed by atoms with E-state index in [-0.39, 0.29) is 74.7 Å². The van der Waals surface area contributed by atoms with E-state index in [1.165, 1.54) is 0 Å². The Balaban J connectivity index is 1.22. The SMILES string of the molecule is CCC(=O)Oc1ccc(C[N+]2(CC(=O)N[C@@H](CCc3ccccc3)C(=O)N[C@@H](CCC(C)C)C(=O)N[C@@H](Cc3ccccc3)C(=O)NC(CC(C)C)C(=O)[C@@]3(C)CO3)CCOCC2)cc1OCc1cn(C)nn1. The zero-order valence-electron chi connectivity index (χ0n) is 43.5. The van der Waals surface area contributed by atoms with Crippen molar-refractivity contribution in [3.63, 3.8) is 0 Å². The lowest BCUT2D eigenvalue weighted by atomic mass is 9.93. The molecule has 3 aromatic carbocycles. The Morgan fingerprint density at radius 3 is 1.96 bits per heavy atom. The van der Waals surface area contributed by atoms with E-state index in [0.717, 1.165) is 16.7 Å². The van der Waals surface area contributed by atoms with Gasteiger partial charge in [-0.3, -0.25) is 33.4 Å². The molecule has 1 unspecified atom stereocenters. The fraction of sp³-hybridized carbons (Fsp3) is 0.527. The molecule has 6 rings (SSSR count). The Morgan fingerprint density at radius 2 is 1.36 bits per heavy atom. The molecule has 5 atom stereocenters. The molecule has 2 aliphatic heterocycles. The van der Waals surface area contributed by atoms with Crippen LogP contribution in [0.1, 0.15) is 96.0 Å². The molecule has 0 radical (unpaired) electrons. The number of aryl methyl sites for hydroxylation is 2. The van der Waals surface area contributed by atoms with Gasteiger partial charge in [0.25, 0.3) is 5.91 Å². The fourth-order valence-electron chi connectivity index (χ4n) is 8.88. The highest BCUT2D eigenvalue weighted by atomic mass is 16.6. The van der Waals surface area contributed by atoms with Gasteiger partial charge in [-0.1, -0.05) is 100 Å². The van der Waals surface area contributed by atoms with Crippen LogP contribution in [0.5, 0.6) is 11.5 Å². The highest BCUT2D eigenvalue weighted by Crippen LogP contribution is 2.32. The van der Waals surface area contributed by atoms with E-state index in [1.807, 2.05) is 94.4 Å². The number of rotatable bonds is 28. The summed E-state index contributed by atoms with van der Waals surface area (Å²) < 4.78 is 24.9. The summed E-state index contributed by atoms with van der Waals surface area (Å²) in [5.74, 6) is -1.76. The first-order chi connectivity index (χ1) is 34.9. The molecule has 4 N–H and O–H groups in total. The lowest BCUT2D eigenvalue weighted by molar-refractivity contribution is -0.940. The van der Waals surface area contributed by atoms with E-state index in [9.17, 15) is 28.8 Å². The number of amides is 4. The predicted octanol–water partition coefficient (Wildman–Crippen LogP) is 4.71. The van der Waals surface area contributed by atoms with Crippen molar-refractivity contribution in [1.82, 2.24) is 36.3 Å². The predicted molar refractivity (Wildman–Crippen MR) is 273 cm³/mol. The number of hydrogen-bond donors (Lipinski definition) is 4. The molecule has 0 saturated carbocycles. The molecule has 0 aliphatic carbocycles. The van der Waals surface area contributed by atoms with Crippen molar-refractivity contribution in [2.45, 2.75) is 129 Å². The van der Waals surface area contributed by atoms with Gasteiger partial charge in [-0.25, -0.2) is 0 Å². The third-order valence-corrected chi connectivity index (χ3v) is 13.2. The third kappa shape index (κ3) is 17.3. The standard InChI is InChI=1S/C55H74N8O10/c1-8-50(65)73-47-24-21-41(31-48(47)71-35-42-32-62(7)61-60-42)33-63(25-27-70-28-26-63)34-49(64)56-43(23-20-39-15-11-9-12-16-39)52(67)57-44(22-19-37(2)3)53(68)59-46(30-40-17-13-10-14-18-40)54(69)58-45(29-38(4)5)51(66)55(6)36-72-55/h9-18,21,24,31-32,37-38,43-46H,8,19-20,22-23,25-30,33-36H2,1-7H3,(H3-,56,57,58,59,64,67,68,69)/p+1/t43-,44-,45?,46-,55+/m0/s1. The number of ketones is 1. The third-order valence-electron chi connectivity index (χ3n) is 13.2. The van der Waals surface area contributed by atoms with Crippen LogP contribution in [-0.4, -0.2) is 124 Å². The van der Waals surface area contributed by atoms with Gasteiger partial charge < -0.3 is 44.7 Å². The second-order valence-electron chi connectivity index (χ2n) is 20.5. The van der Waals surface area contributed by atoms with Crippen molar-refractivity contribution >= 4 is 35.4 Å². The first-order valence-electron chi connectivity index (χ1n) is 25.6. The molecular formula is C55H75N8O10+. The van der Waals surface area contributed by atoms with Crippen LogP contribution in [0.15, 0.2) is 85.1 Å². The number of benzene rings is 3. The summed E-state index contributed by atoms with van der Waals surface area (Å²) in [7, 11) is 1.75. The Hall–Kier alpha value is -6.50. The summed E-state index contributed by atoms with van der Waals surface area (Å²) in [6.07, 6.45) is 3.96. The van der Waals surface area contributed by atoms with Crippen molar-refractivity contribution in [1.29, 1.82) is 0 Å². The van der Waals surface area contributed by atoms with Gasteiger partial charge in [0.2, 0.25) is 17.7 Å². The van der Waals surface area contributed by atoms with Crippen molar-refractivity contribution in [3.8, 4) is 11.5 Å². The molecule has 0 bridgehead atoms. The smallest absolute Gasteiger partial charge is 0.311 e. The Labute approximate surface area is 429 Å². The minimum absolute atomic E-state index is 0.0139. The number of aromatic nitrogens is 3. The highest BCUT2D eigenvalue weighted by molar-refractivity contribution is 5.99. The average molecular weight is 1010 g/mol. The van der Waals surface area contributed by atoms with Gasteiger partial charge in [-0.05, 0) is 80.2 Å². The van der Waals surface area contributed by atoms with E-state index in [4.69, 9.17) is 18.9 Å². The molecule has 3 heterocycles. The maximum Gasteiger partial charge on any atom is 0.311 e. The second kappa shape index (κ2) is 26.5. The van der Waals surface area contributed by atoms with Crippen molar-refractivity contribution < 1.29 is 52.2 Å². The number of Topliss-reactive ketones (excluding diaryl/α,β-unsaturated/α-hetero) is 1. The maximum absolute atomic E-state index is 14.7. The zero-order valence-corrected chi connectivity index (χ0v) is 43.5. The Kier molecular flexibility index (Phi) is 20.2. The van der Waals surface area contributed by atoms with Gasteiger partial charge in [0.1, 0.15) is 55.7 Å². The summed E-state index contributed by atoms with van der Waals surface area (Å²) in [5, 5.41) is 20.0. The molecule has 1 aromatic heterocycles. The fourth-order valence-corrected chi connectivity index (χ4v) is 8.88. The second-order valence-corrected chi connectivity index (χ2v) is 20.5. The Bertz CT molecular complexity index is 2470. The lowest BCUT2D eigenvalue weighted by Crippen LogP contribution is -2.61. The van der Waals surface area contributed by atoms with E-state index in [1.54, 1.807) is 43.9 Å². The number of nitrogens with zero attached hydrogens (tertiary/aromatic N) is 4. The van der Waals surface area contributed by atoms with Crippen LogP contribution in [0.3, 0.4) is 0 Å². The molecule has 2 fully saturated rings. The number of carbonyl (C=O) groups is 6. The van der Waals surface area contributed by atoms with Crippen molar-refractivity contribution in [2.75, 3.05) is 39.5 Å². The molecule has 394 valence electrons. The number of nitrogens with one attached hydrogen (secondary N) is 4. The van der Waals surface area contributed by atoms with Crippen LogP contribution in [0.4, 0.5) is 0 Å². The van der Waals surface area contributed by atoms with Crippen LogP contribution < -0.4 is 30.7 Å². The molecule has 0 spiro atoms. The molecule has 2 aliphatic rings. The van der Waals surface area contributed by atoms with Gasteiger partial charge in [0.05, 0.1) is 32.1 Å². The normalized spacial score (nSPS) is 17.7. The Morgan fingerprint density at radius 1 is 0.740 bits per heavy atom. The van der Waals surface area contributed by atoms with Gasteiger partial charge in [-0.15, -0.1) is 5.10 Å². The molecular weight excluding hydrogens is 933 g/mol. The minimum atomic E-state index is -1.09. The number of hydrogen-bond acceptors (Lipinski definition) is 12. The zero-order chi connectivity index (χ0) is 52.5.